The maximum Gasteiger partial charge on any atom is 0.144 e. The van der Waals surface area contributed by atoms with Crippen molar-refractivity contribution >= 4 is 17.6 Å². The first kappa shape index (κ1) is 11.6. The van der Waals surface area contributed by atoms with Gasteiger partial charge in [-0.25, -0.2) is 0 Å². The number of amidine groups is 1. The Morgan fingerprint density at radius 2 is 2.17 bits per heavy atom. The van der Waals surface area contributed by atoms with Crippen molar-refractivity contribution in [1.29, 1.82) is 0 Å². The molecule has 0 spiro atoms. The molecular formula is C8H18N2OS. The molecule has 0 amide bonds. The average molecular weight is 190 g/mol. The van der Waals surface area contributed by atoms with Gasteiger partial charge < -0.3 is 10.9 Å². The van der Waals surface area contributed by atoms with Gasteiger partial charge in [0.25, 0.3) is 0 Å². The molecule has 0 fully saturated rings. The maximum atomic E-state index is 8.48. The highest BCUT2D eigenvalue weighted by atomic mass is 32.2. The Bertz CT molecular complexity index is 157. The first-order chi connectivity index (χ1) is 5.54. The molecule has 0 rings (SSSR count). The van der Waals surface area contributed by atoms with Gasteiger partial charge in [-0.3, -0.25) is 0 Å². The first-order valence-corrected chi connectivity index (χ1v) is 5.25. The predicted molar refractivity (Wildman–Crippen MR) is 54.8 cm³/mol. The molecule has 0 aliphatic heterocycles. The molecule has 0 unspecified atom stereocenters. The van der Waals surface area contributed by atoms with E-state index in [2.05, 4.69) is 12.1 Å². The van der Waals surface area contributed by atoms with Crippen LogP contribution in [0.15, 0.2) is 5.16 Å². The van der Waals surface area contributed by atoms with Gasteiger partial charge in [-0.05, 0) is 17.9 Å². The van der Waals surface area contributed by atoms with Crippen molar-refractivity contribution in [2.75, 3.05) is 11.5 Å². The van der Waals surface area contributed by atoms with E-state index >= 15 is 0 Å². The van der Waals surface area contributed by atoms with Crippen LogP contribution in [0.5, 0.6) is 0 Å². The van der Waals surface area contributed by atoms with Crippen LogP contribution in [-0.4, -0.2) is 22.5 Å². The van der Waals surface area contributed by atoms with E-state index in [-0.39, 0.29) is 5.41 Å². The third-order valence-electron chi connectivity index (χ3n) is 1.88. The van der Waals surface area contributed by atoms with Crippen LogP contribution in [0.4, 0.5) is 0 Å². The van der Waals surface area contributed by atoms with Crippen LogP contribution < -0.4 is 5.73 Å². The van der Waals surface area contributed by atoms with E-state index in [9.17, 15) is 0 Å². The number of oxime groups is 1. The van der Waals surface area contributed by atoms with Crippen molar-refractivity contribution in [3.05, 3.63) is 0 Å². The highest BCUT2D eigenvalue weighted by Gasteiger charge is 2.22. The van der Waals surface area contributed by atoms with Crippen molar-refractivity contribution in [2.24, 2.45) is 16.3 Å². The molecule has 0 bridgehead atoms. The number of nitrogens with two attached hydrogens (primary N) is 1. The van der Waals surface area contributed by atoms with Gasteiger partial charge in [-0.2, -0.15) is 11.8 Å². The monoisotopic (exact) mass is 190 g/mol. The lowest BCUT2D eigenvalue weighted by atomic mass is 9.89. The topological polar surface area (TPSA) is 58.6 Å². The number of hydrogen-bond acceptors (Lipinski definition) is 3. The van der Waals surface area contributed by atoms with E-state index < -0.39 is 0 Å². The van der Waals surface area contributed by atoms with Crippen LogP contribution in [0.25, 0.3) is 0 Å². The van der Waals surface area contributed by atoms with Gasteiger partial charge in [0.2, 0.25) is 0 Å². The van der Waals surface area contributed by atoms with Gasteiger partial charge in [0.1, 0.15) is 5.84 Å². The lowest BCUT2D eigenvalue weighted by Crippen LogP contribution is -2.32. The van der Waals surface area contributed by atoms with Gasteiger partial charge in [0, 0.05) is 5.41 Å². The van der Waals surface area contributed by atoms with Crippen LogP contribution in [0, 0.1) is 5.41 Å². The zero-order valence-corrected chi connectivity index (χ0v) is 8.82. The highest BCUT2D eigenvalue weighted by Crippen LogP contribution is 2.22. The summed E-state index contributed by atoms with van der Waals surface area (Å²) in [6.07, 6.45) is 0.946. The fourth-order valence-electron chi connectivity index (χ4n) is 0.735. The van der Waals surface area contributed by atoms with Crippen LogP contribution in [0.2, 0.25) is 0 Å². The van der Waals surface area contributed by atoms with Crippen molar-refractivity contribution in [3.63, 3.8) is 0 Å². The summed E-state index contributed by atoms with van der Waals surface area (Å²) < 4.78 is 0. The smallest absolute Gasteiger partial charge is 0.144 e. The predicted octanol–water partition coefficient (Wildman–Crippen LogP) is 1.90. The third-order valence-corrected chi connectivity index (χ3v) is 2.78. The van der Waals surface area contributed by atoms with Gasteiger partial charge in [0.05, 0.1) is 0 Å². The molecule has 72 valence electrons. The summed E-state index contributed by atoms with van der Waals surface area (Å²) in [5.41, 5.74) is 5.34. The van der Waals surface area contributed by atoms with E-state index in [1.165, 1.54) is 0 Å². The second-order valence-electron chi connectivity index (χ2n) is 3.32. The molecule has 0 aromatic carbocycles. The summed E-state index contributed by atoms with van der Waals surface area (Å²) in [6, 6.07) is 0. The van der Waals surface area contributed by atoms with Gasteiger partial charge >= 0.3 is 0 Å². The Labute approximate surface area is 78.4 Å². The number of hydrogen-bond donors (Lipinski definition) is 2. The minimum atomic E-state index is -0.184. The second-order valence-corrected chi connectivity index (χ2v) is 4.71. The molecular weight excluding hydrogens is 172 g/mol. The Morgan fingerprint density at radius 3 is 2.58 bits per heavy atom. The Kier molecular flexibility index (Phi) is 5.13. The number of rotatable bonds is 5. The minimum Gasteiger partial charge on any atom is -0.409 e. The quantitative estimate of drug-likeness (QED) is 0.229. The second kappa shape index (κ2) is 5.30. The standard InChI is InChI=1S/C8H18N2OS/c1-4-12-6-5-8(2,3)7(9)10-11/h11H,4-6H2,1-3H3,(H2,9,10). The van der Waals surface area contributed by atoms with Gasteiger partial charge in [-0.15, -0.1) is 0 Å². The third kappa shape index (κ3) is 3.85. The first-order valence-electron chi connectivity index (χ1n) is 4.10. The van der Waals surface area contributed by atoms with E-state index in [0.29, 0.717) is 5.84 Å². The molecule has 0 heterocycles. The van der Waals surface area contributed by atoms with Gasteiger partial charge in [-0.1, -0.05) is 25.9 Å². The molecule has 0 aromatic rings. The fraction of sp³-hybridized carbons (Fsp3) is 0.875. The molecule has 4 heteroatoms. The molecule has 0 saturated heterocycles. The van der Waals surface area contributed by atoms with Crippen LogP contribution in [-0.2, 0) is 0 Å². The maximum absolute atomic E-state index is 8.48. The summed E-state index contributed by atoms with van der Waals surface area (Å²) in [6.45, 7) is 6.09. The summed E-state index contributed by atoms with van der Waals surface area (Å²) in [5, 5.41) is 11.5. The summed E-state index contributed by atoms with van der Waals surface area (Å²) in [4.78, 5) is 0. The van der Waals surface area contributed by atoms with Crippen molar-refractivity contribution in [2.45, 2.75) is 27.2 Å². The Morgan fingerprint density at radius 1 is 1.58 bits per heavy atom. The zero-order valence-electron chi connectivity index (χ0n) is 8.00. The minimum absolute atomic E-state index is 0.184. The molecule has 0 saturated carbocycles. The van der Waals surface area contributed by atoms with E-state index in [0.717, 1.165) is 17.9 Å². The Hall–Kier alpha value is -0.380. The van der Waals surface area contributed by atoms with E-state index in [1.54, 1.807) is 0 Å². The van der Waals surface area contributed by atoms with Crippen molar-refractivity contribution < 1.29 is 5.21 Å². The summed E-state index contributed by atoms with van der Waals surface area (Å²) in [7, 11) is 0. The van der Waals surface area contributed by atoms with Crippen molar-refractivity contribution in [3.8, 4) is 0 Å². The molecule has 0 aliphatic rings. The molecule has 0 radical (unpaired) electrons. The van der Waals surface area contributed by atoms with Crippen molar-refractivity contribution in [1.82, 2.24) is 0 Å². The largest absolute Gasteiger partial charge is 0.409 e. The molecule has 0 aliphatic carbocycles. The SMILES string of the molecule is CCSCCC(C)(C)C(N)=NO. The number of thioether (sulfide) groups is 1. The summed E-state index contributed by atoms with van der Waals surface area (Å²) >= 11 is 1.87. The zero-order chi connectivity index (χ0) is 9.61. The molecule has 0 atom stereocenters. The summed E-state index contributed by atoms with van der Waals surface area (Å²) in [5.74, 6) is 2.49. The van der Waals surface area contributed by atoms with Gasteiger partial charge in [0.15, 0.2) is 0 Å². The lowest BCUT2D eigenvalue weighted by molar-refractivity contribution is 0.307. The van der Waals surface area contributed by atoms with Crippen LogP contribution >= 0.6 is 11.8 Å². The molecule has 3 N–H and O–H groups in total. The number of nitrogens with zero attached hydrogens (tertiary/aromatic N) is 1. The van der Waals surface area contributed by atoms with E-state index in [1.807, 2.05) is 25.6 Å². The highest BCUT2D eigenvalue weighted by molar-refractivity contribution is 7.99. The lowest BCUT2D eigenvalue weighted by Gasteiger charge is -2.22. The fourth-order valence-corrected chi connectivity index (χ4v) is 1.68. The molecule has 3 nitrogen and oxygen atoms in total. The van der Waals surface area contributed by atoms with Crippen LogP contribution in [0.1, 0.15) is 27.2 Å². The average Bonchev–Trinajstić information content (AvgIpc) is 2.03. The Balaban J connectivity index is 3.87. The van der Waals surface area contributed by atoms with Crippen LogP contribution in [0.3, 0.4) is 0 Å². The normalized spacial score (nSPS) is 13.4. The molecule has 0 aromatic heterocycles. The molecule has 12 heavy (non-hydrogen) atoms. The van der Waals surface area contributed by atoms with E-state index in [4.69, 9.17) is 10.9 Å².